The summed E-state index contributed by atoms with van der Waals surface area (Å²) in [6.45, 7) is 3.05. The second kappa shape index (κ2) is 11.9. The van der Waals surface area contributed by atoms with Gasteiger partial charge in [0.1, 0.15) is 5.75 Å². The quantitative estimate of drug-likeness (QED) is 0.492. The van der Waals surface area contributed by atoms with Gasteiger partial charge < -0.3 is 24.0 Å². The first-order chi connectivity index (χ1) is 17.4. The molecule has 2 aromatic rings. The van der Waals surface area contributed by atoms with E-state index in [0.29, 0.717) is 54.0 Å². The van der Waals surface area contributed by atoms with Crippen LogP contribution in [-0.4, -0.2) is 68.6 Å². The van der Waals surface area contributed by atoms with Gasteiger partial charge in [0.05, 0.1) is 20.8 Å². The molecule has 2 amide bonds. The number of carbonyl (C=O) groups is 2. The topological polar surface area (TPSA) is 68.3 Å². The van der Waals surface area contributed by atoms with Crippen molar-refractivity contribution >= 4 is 23.4 Å². The van der Waals surface area contributed by atoms with Crippen molar-refractivity contribution in [2.24, 2.45) is 5.41 Å². The monoisotopic (exact) mass is 514 g/mol. The van der Waals surface area contributed by atoms with E-state index < -0.39 is 5.41 Å². The second-order valence-corrected chi connectivity index (χ2v) is 10.2. The molecule has 1 atom stereocenters. The van der Waals surface area contributed by atoms with Crippen LogP contribution in [0, 0.1) is 5.41 Å². The average molecular weight is 515 g/mol. The summed E-state index contributed by atoms with van der Waals surface area (Å²) < 4.78 is 16.9. The third-order valence-electron chi connectivity index (χ3n) is 7.17. The minimum atomic E-state index is -0.474. The lowest BCUT2D eigenvalue weighted by Crippen LogP contribution is -2.51. The maximum atomic E-state index is 13.5. The summed E-state index contributed by atoms with van der Waals surface area (Å²) in [5.41, 5.74) is 0.0583. The van der Waals surface area contributed by atoms with E-state index in [1.165, 1.54) is 6.42 Å². The molecule has 194 valence electrons. The van der Waals surface area contributed by atoms with Crippen molar-refractivity contribution in [3.05, 3.63) is 53.1 Å². The number of piperidine rings is 2. The van der Waals surface area contributed by atoms with Crippen LogP contribution in [0.2, 0.25) is 5.02 Å². The molecule has 8 heteroatoms. The van der Waals surface area contributed by atoms with Crippen LogP contribution in [0.25, 0.3) is 0 Å². The number of carbonyl (C=O) groups excluding carboxylic acids is 2. The average Bonchev–Trinajstić information content (AvgIpc) is 2.92. The summed E-state index contributed by atoms with van der Waals surface area (Å²) in [6.07, 6.45) is 5.23. The zero-order chi connectivity index (χ0) is 25.5. The maximum absolute atomic E-state index is 13.5. The Bertz CT molecular complexity index is 1050. The van der Waals surface area contributed by atoms with E-state index in [1.807, 2.05) is 21.9 Å². The summed E-state index contributed by atoms with van der Waals surface area (Å²) in [7, 11) is 3.12. The largest absolute Gasteiger partial charge is 0.493 e. The lowest BCUT2D eigenvalue weighted by molar-refractivity contribution is -0.136. The van der Waals surface area contributed by atoms with E-state index in [-0.39, 0.29) is 11.8 Å². The van der Waals surface area contributed by atoms with Gasteiger partial charge in [0.25, 0.3) is 5.91 Å². The van der Waals surface area contributed by atoms with Crippen molar-refractivity contribution in [3.8, 4) is 17.2 Å². The molecule has 7 nitrogen and oxygen atoms in total. The summed E-state index contributed by atoms with van der Waals surface area (Å²) in [6, 6.07) is 12.4. The molecule has 0 N–H and O–H groups in total. The highest BCUT2D eigenvalue weighted by molar-refractivity contribution is 6.30. The third-order valence-corrected chi connectivity index (χ3v) is 7.42. The second-order valence-electron chi connectivity index (χ2n) is 9.76. The Balaban J connectivity index is 1.54. The number of halogens is 1. The molecular formula is C28H35ClN2O5. The number of benzene rings is 2. The van der Waals surface area contributed by atoms with Gasteiger partial charge in [0, 0.05) is 48.6 Å². The van der Waals surface area contributed by atoms with Crippen LogP contribution >= 0.6 is 11.6 Å². The lowest BCUT2D eigenvalue weighted by Gasteiger charge is -2.43. The molecule has 2 saturated heterocycles. The molecule has 0 saturated carbocycles. The molecule has 2 aliphatic rings. The minimum Gasteiger partial charge on any atom is -0.493 e. The Hall–Kier alpha value is -2.93. The van der Waals surface area contributed by atoms with Crippen LogP contribution in [0.3, 0.4) is 0 Å². The van der Waals surface area contributed by atoms with Gasteiger partial charge in [0.15, 0.2) is 11.5 Å². The van der Waals surface area contributed by atoms with E-state index in [1.54, 1.807) is 44.6 Å². The van der Waals surface area contributed by atoms with Gasteiger partial charge in [-0.15, -0.1) is 0 Å². The van der Waals surface area contributed by atoms with Crippen molar-refractivity contribution in [1.82, 2.24) is 9.80 Å². The van der Waals surface area contributed by atoms with E-state index in [4.69, 9.17) is 25.8 Å². The maximum Gasteiger partial charge on any atom is 0.254 e. The Morgan fingerprint density at radius 1 is 0.889 bits per heavy atom. The van der Waals surface area contributed by atoms with E-state index >= 15 is 0 Å². The van der Waals surface area contributed by atoms with Gasteiger partial charge in [0.2, 0.25) is 5.91 Å². The summed E-state index contributed by atoms with van der Waals surface area (Å²) in [4.78, 5) is 30.7. The van der Waals surface area contributed by atoms with Crippen molar-refractivity contribution in [2.75, 3.05) is 47.0 Å². The summed E-state index contributed by atoms with van der Waals surface area (Å²) in [5.74, 6) is 1.85. The molecule has 0 aliphatic carbocycles. The first kappa shape index (κ1) is 26.1. The minimum absolute atomic E-state index is 0.0862. The number of rotatable bonds is 8. The lowest BCUT2D eigenvalue weighted by atomic mass is 9.77. The molecule has 0 unspecified atom stereocenters. The molecule has 2 aliphatic heterocycles. The number of ether oxygens (including phenoxy) is 3. The third kappa shape index (κ3) is 6.25. The van der Waals surface area contributed by atoms with E-state index in [9.17, 15) is 9.59 Å². The molecule has 36 heavy (non-hydrogen) atoms. The van der Waals surface area contributed by atoms with Crippen LogP contribution < -0.4 is 14.2 Å². The van der Waals surface area contributed by atoms with Gasteiger partial charge >= 0.3 is 0 Å². The summed E-state index contributed by atoms with van der Waals surface area (Å²) >= 11 is 6.03. The number of likely N-dealkylation sites (tertiary alicyclic amines) is 2. The highest BCUT2D eigenvalue weighted by Gasteiger charge is 2.41. The fraction of sp³-hybridized carbons (Fsp3) is 0.500. The number of hydrogen-bond donors (Lipinski definition) is 0. The molecule has 0 radical (unpaired) electrons. The Kier molecular flexibility index (Phi) is 8.62. The normalized spacial score (nSPS) is 20.1. The van der Waals surface area contributed by atoms with Crippen molar-refractivity contribution in [1.29, 1.82) is 0 Å². The standard InChI is InChI=1S/C28H35ClN2O5/c1-34-24-12-7-21(17-25(24)35-2)27(33)31-16-6-13-28(19-31,18-26(32)30-14-4-3-5-15-30)20-36-23-10-8-22(29)9-11-23/h7-12,17H,3-6,13-16,18-20H2,1-2H3/t28-/m1/s1. The number of amides is 2. The van der Waals surface area contributed by atoms with Crippen LogP contribution in [0.4, 0.5) is 0 Å². The van der Waals surface area contributed by atoms with Crippen molar-refractivity contribution in [2.45, 2.75) is 38.5 Å². The molecule has 2 heterocycles. The number of hydrogen-bond acceptors (Lipinski definition) is 5. The van der Waals surface area contributed by atoms with Gasteiger partial charge in [-0.2, -0.15) is 0 Å². The van der Waals surface area contributed by atoms with Crippen molar-refractivity contribution < 1.29 is 23.8 Å². The fourth-order valence-corrected chi connectivity index (χ4v) is 5.32. The van der Waals surface area contributed by atoms with Gasteiger partial charge in [-0.3, -0.25) is 9.59 Å². The number of nitrogens with zero attached hydrogens (tertiary/aromatic N) is 2. The van der Waals surface area contributed by atoms with E-state index in [2.05, 4.69) is 0 Å². The SMILES string of the molecule is COc1ccc(C(=O)N2CCC[C@@](COc3ccc(Cl)cc3)(CC(=O)N3CCCCC3)C2)cc1OC. The molecular weight excluding hydrogens is 480 g/mol. The molecule has 4 rings (SSSR count). The Morgan fingerprint density at radius 2 is 1.58 bits per heavy atom. The van der Waals surface area contributed by atoms with Gasteiger partial charge in [-0.1, -0.05) is 11.6 Å². The molecule has 0 spiro atoms. The predicted molar refractivity (Wildman–Crippen MR) is 139 cm³/mol. The summed E-state index contributed by atoms with van der Waals surface area (Å²) in [5, 5.41) is 0.640. The highest BCUT2D eigenvalue weighted by atomic mass is 35.5. The zero-order valence-corrected chi connectivity index (χ0v) is 21.9. The van der Waals surface area contributed by atoms with Crippen molar-refractivity contribution in [3.63, 3.8) is 0 Å². The van der Waals surface area contributed by atoms with Crippen LogP contribution in [0.1, 0.15) is 48.9 Å². The Labute approximate surface area is 218 Å². The molecule has 2 aromatic carbocycles. The fourth-order valence-electron chi connectivity index (χ4n) is 5.19. The van der Waals surface area contributed by atoms with Crippen LogP contribution in [0.15, 0.2) is 42.5 Å². The Morgan fingerprint density at radius 3 is 2.28 bits per heavy atom. The predicted octanol–water partition coefficient (Wildman–Crippen LogP) is 5.06. The first-order valence-corrected chi connectivity index (χ1v) is 13.0. The smallest absolute Gasteiger partial charge is 0.254 e. The molecule has 0 aromatic heterocycles. The number of methoxy groups -OCH3 is 2. The first-order valence-electron chi connectivity index (χ1n) is 12.6. The molecule has 0 bridgehead atoms. The van der Waals surface area contributed by atoms with Crippen LogP contribution in [-0.2, 0) is 4.79 Å². The highest BCUT2D eigenvalue weighted by Crippen LogP contribution is 2.37. The van der Waals surface area contributed by atoms with E-state index in [0.717, 1.165) is 38.8 Å². The molecule has 2 fully saturated rings. The van der Waals surface area contributed by atoms with Gasteiger partial charge in [-0.25, -0.2) is 0 Å². The van der Waals surface area contributed by atoms with Crippen LogP contribution in [0.5, 0.6) is 17.2 Å². The zero-order valence-electron chi connectivity index (χ0n) is 21.1. The van der Waals surface area contributed by atoms with Gasteiger partial charge in [-0.05, 0) is 74.6 Å².